The van der Waals surface area contributed by atoms with Gasteiger partial charge in [-0.05, 0) is 35.9 Å². The van der Waals surface area contributed by atoms with Crippen LogP contribution in [0.5, 0.6) is 0 Å². The number of para-hydroxylation sites is 2. The molecule has 0 radical (unpaired) electrons. The molecular weight excluding hydrogens is 613 g/mol. The van der Waals surface area contributed by atoms with Crippen LogP contribution in [-0.4, -0.2) is 54.2 Å². The molecule has 0 aliphatic rings. The first-order chi connectivity index (χ1) is 23.9. The summed E-state index contributed by atoms with van der Waals surface area (Å²) in [5.74, 6) is 2.06. The van der Waals surface area contributed by atoms with Crippen LogP contribution in [0.1, 0.15) is 0 Å². The topological polar surface area (TPSA) is 51.8 Å². The molecule has 0 aliphatic heterocycles. The fourth-order valence-electron chi connectivity index (χ4n) is 7.23. The van der Waals surface area contributed by atoms with Crippen LogP contribution in [0.4, 0.5) is 0 Å². The Morgan fingerprint density at radius 1 is 0.449 bits per heavy atom. The van der Waals surface area contributed by atoms with E-state index in [4.69, 9.17) is 19.4 Å². The van der Waals surface area contributed by atoms with Crippen LogP contribution in [0.2, 0.25) is 0 Å². The van der Waals surface area contributed by atoms with E-state index in [9.17, 15) is 0 Å². The molecule has 0 saturated heterocycles. The summed E-state index contributed by atoms with van der Waals surface area (Å²) in [4.78, 5) is 15.3. The molecule has 3 aromatic heterocycles. The number of benzene rings is 6. The minimum Gasteiger partial charge on any atom is -0.455 e. The fourth-order valence-corrected chi connectivity index (χ4v) is 8.35. The molecule has 9 rings (SSSR count). The quantitative estimate of drug-likeness (QED) is 0.277. The second-order valence-corrected chi connectivity index (χ2v) is 14.1. The second kappa shape index (κ2) is 11.4. The third-order valence-corrected chi connectivity index (χ3v) is 11.5. The molecule has 10 heteroatoms. The molecule has 4 nitrogen and oxygen atoms in total. The zero-order chi connectivity index (χ0) is 33.4. The van der Waals surface area contributed by atoms with Crippen molar-refractivity contribution in [2.45, 2.75) is 0 Å². The Labute approximate surface area is 292 Å². The maximum absolute atomic E-state index is 6.37. The highest BCUT2D eigenvalue weighted by Crippen LogP contribution is 2.41. The molecule has 226 valence electrons. The van der Waals surface area contributed by atoms with Crippen LogP contribution < -0.4 is 27.3 Å². The summed E-state index contributed by atoms with van der Waals surface area (Å²) < 4.78 is 8.84. The Morgan fingerprint density at radius 3 is 1.90 bits per heavy atom. The number of rotatable bonds is 4. The van der Waals surface area contributed by atoms with Crippen molar-refractivity contribution in [3.8, 4) is 45.3 Å². The molecule has 3 heterocycles. The van der Waals surface area contributed by atoms with Crippen molar-refractivity contribution < 1.29 is 4.42 Å². The van der Waals surface area contributed by atoms with E-state index in [2.05, 4.69) is 118 Å². The molecule has 9 aromatic rings. The highest BCUT2D eigenvalue weighted by molar-refractivity contribution is 7.25. The number of aromatic nitrogens is 3. The van der Waals surface area contributed by atoms with Gasteiger partial charge >= 0.3 is 0 Å². The van der Waals surface area contributed by atoms with Crippen LogP contribution in [0.3, 0.4) is 0 Å². The van der Waals surface area contributed by atoms with Gasteiger partial charge < -0.3 is 4.42 Å². The van der Waals surface area contributed by atoms with Gasteiger partial charge in [0, 0.05) is 53.2 Å². The number of hydrogen-bond donors (Lipinski definition) is 0. The van der Waals surface area contributed by atoms with Crippen LogP contribution >= 0.6 is 11.3 Å². The maximum atomic E-state index is 6.37. The maximum Gasteiger partial charge on any atom is 0.164 e. The summed E-state index contributed by atoms with van der Waals surface area (Å²) in [7, 11) is 11.0. The van der Waals surface area contributed by atoms with Crippen molar-refractivity contribution in [1.29, 1.82) is 0 Å². The fraction of sp³-hybridized carbons (Fsp3) is 0. The van der Waals surface area contributed by atoms with Gasteiger partial charge in [0.05, 0.1) is 0 Å². The van der Waals surface area contributed by atoms with Crippen molar-refractivity contribution >= 4 is 120 Å². The van der Waals surface area contributed by atoms with Gasteiger partial charge in [0.25, 0.3) is 0 Å². The predicted octanol–water partition coefficient (Wildman–Crippen LogP) is 2.10. The summed E-state index contributed by atoms with van der Waals surface area (Å²) in [6.07, 6.45) is 0. The van der Waals surface area contributed by atoms with Gasteiger partial charge in [-0.15, -0.1) is 27.7 Å². The molecule has 6 aromatic carbocycles. The van der Waals surface area contributed by atoms with E-state index in [0.717, 1.165) is 49.8 Å². The molecule has 0 N–H and O–H groups in total. The van der Waals surface area contributed by atoms with Gasteiger partial charge in [0.2, 0.25) is 0 Å². The van der Waals surface area contributed by atoms with E-state index in [1.165, 1.54) is 47.5 Å². The number of thiophene rings is 1. The van der Waals surface area contributed by atoms with Crippen molar-refractivity contribution in [2.75, 3.05) is 0 Å². The smallest absolute Gasteiger partial charge is 0.164 e. The lowest BCUT2D eigenvalue weighted by Gasteiger charge is -2.20. The first-order valence-electron chi connectivity index (χ1n) is 16.6. The van der Waals surface area contributed by atoms with Gasteiger partial charge in [-0.25, -0.2) is 15.0 Å². The number of furan rings is 1. The number of fused-ring (bicyclic) bond motifs is 6. The summed E-state index contributed by atoms with van der Waals surface area (Å²) in [5.41, 5.74) is 13.4. The highest BCUT2D eigenvalue weighted by atomic mass is 32.1. The molecule has 49 heavy (non-hydrogen) atoms. The average Bonchev–Trinajstić information content (AvgIpc) is 3.71. The van der Waals surface area contributed by atoms with Crippen molar-refractivity contribution in [2.24, 2.45) is 0 Å². The third kappa shape index (κ3) is 4.77. The normalized spacial score (nSPS) is 11.7. The van der Waals surface area contributed by atoms with Gasteiger partial charge in [-0.1, -0.05) is 89.8 Å². The van der Waals surface area contributed by atoms with E-state index in [1.54, 1.807) is 0 Å². The van der Waals surface area contributed by atoms with Crippen LogP contribution in [0, 0.1) is 0 Å². The van der Waals surface area contributed by atoms with E-state index in [-0.39, 0.29) is 0 Å². The molecule has 0 spiro atoms. The number of hydrogen-bond acceptors (Lipinski definition) is 5. The highest BCUT2D eigenvalue weighted by Gasteiger charge is 2.19. The van der Waals surface area contributed by atoms with Crippen molar-refractivity contribution in [1.82, 2.24) is 15.0 Å². The second-order valence-electron chi connectivity index (χ2n) is 13.0. The molecule has 0 unspecified atom stereocenters. The lowest BCUT2D eigenvalue weighted by atomic mass is 9.60. The Hall–Kier alpha value is -5.33. The number of nitrogens with zero attached hydrogens (tertiary/aromatic N) is 3. The Balaban J connectivity index is 1.20. The zero-order valence-electron chi connectivity index (χ0n) is 28.1. The Kier molecular flexibility index (Phi) is 6.92. The molecule has 0 saturated carbocycles. The first-order valence-corrected chi connectivity index (χ1v) is 17.4. The van der Waals surface area contributed by atoms with Crippen LogP contribution in [0.15, 0.2) is 114 Å². The summed E-state index contributed by atoms with van der Waals surface area (Å²) in [6, 6.07) is 38.2. The standard InChI is InChI=1S/C39H28B5N3OS/c40-31-30(32(41)34(43)35(44)33(31)42)39-46-37(19-7-2-1-3-8-19)45-38(47-39)21-14-16-28-26(17-21)24-15-13-20(18-29(24)49-28)22-10-6-11-25-23-9-4-5-12-27(23)48-36(22)25/h1-18H,40-44H2. The Bertz CT molecular complexity index is 2770. The third-order valence-electron chi connectivity index (χ3n) is 10.3. The SMILES string of the molecule is Bc1c(B)c(B)c(-c2nc(-c3ccccc3)nc(-c3ccc4sc5cc(-c6cccc7c6oc6ccccc67)ccc5c4c3)n2)c(B)c1B. The van der Waals surface area contributed by atoms with Crippen LogP contribution in [-0.2, 0) is 0 Å². The van der Waals surface area contributed by atoms with E-state index in [0.29, 0.717) is 17.5 Å². The molecule has 0 atom stereocenters. The monoisotopic (exact) mass is 641 g/mol. The minimum atomic E-state index is 0.674. The van der Waals surface area contributed by atoms with Gasteiger partial charge in [-0.2, -0.15) is 0 Å². The lowest BCUT2D eigenvalue weighted by Crippen LogP contribution is -2.55. The van der Waals surface area contributed by atoms with Gasteiger partial charge in [0.1, 0.15) is 50.4 Å². The van der Waals surface area contributed by atoms with Gasteiger partial charge in [0.15, 0.2) is 17.5 Å². The largest absolute Gasteiger partial charge is 0.455 e. The van der Waals surface area contributed by atoms with Crippen molar-refractivity contribution in [3.05, 3.63) is 109 Å². The van der Waals surface area contributed by atoms with Crippen molar-refractivity contribution in [3.63, 3.8) is 0 Å². The summed E-state index contributed by atoms with van der Waals surface area (Å²) in [5, 5.41) is 4.70. The summed E-state index contributed by atoms with van der Waals surface area (Å²) in [6.45, 7) is 0. The summed E-state index contributed by atoms with van der Waals surface area (Å²) >= 11 is 1.81. The molecular formula is C39H28B5N3OS. The molecule has 0 fully saturated rings. The minimum absolute atomic E-state index is 0.674. The molecule has 0 bridgehead atoms. The van der Waals surface area contributed by atoms with Gasteiger partial charge in [-0.3, -0.25) is 0 Å². The van der Waals surface area contributed by atoms with E-state index >= 15 is 0 Å². The van der Waals surface area contributed by atoms with E-state index in [1.807, 2.05) is 41.7 Å². The molecule has 0 aliphatic carbocycles. The zero-order valence-corrected chi connectivity index (χ0v) is 28.9. The predicted molar refractivity (Wildman–Crippen MR) is 223 cm³/mol. The van der Waals surface area contributed by atoms with Crippen LogP contribution in [0.25, 0.3) is 87.4 Å². The first kappa shape index (κ1) is 29.8. The average molecular weight is 641 g/mol. The molecule has 0 amide bonds. The Morgan fingerprint density at radius 2 is 1.10 bits per heavy atom. The lowest BCUT2D eigenvalue weighted by molar-refractivity contribution is 0.670. The van der Waals surface area contributed by atoms with E-state index < -0.39 is 0 Å².